The largest absolute Gasteiger partial charge is 0.296 e. The van der Waals surface area contributed by atoms with Crippen LogP contribution < -0.4 is 0 Å². The standard InChI is InChI=1S/C56H68N12S6/c1-3-5-7-9-11-13-15-45-33-61-51(69)65-37-41-17-25-47(26-18-41)57-59-49-29-21-43(22-30-49)39-67-53(71)63-35-46(16-14-12-10-8-6-4-2)36-64-54(72)68(74(67)56(63)64)40-44-23-31-50(32-24-44)60-58-48-27-19-42(20-28-48)38-66-52(70)62(34-45)55(61)73(65)66/h17-32,45-46H,3-16,33-40H2,1-2H3. The molecule has 0 radical (unpaired) electrons. The van der Waals surface area contributed by atoms with Crippen molar-refractivity contribution in [2.75, 3.05) is 26.2 Å². The summed E-state index contributed by atoms with van der Waals surface area (Å²) in [5.74, 6) is 0.990. The van der Waals surface area contributed by atoms with E-state index in [-0.39, 0.29) is 0 Å². The zero-order chi connectivity index (χ0) is 50.7. The molecule has 17 rings (SSSR count). The van der Waals surface area contributed by atoms with Crippen molar-refractivity contribution in [2.45, 2.75) is 130 Å². The molecule has 2 fully saturated rings. The van der Waals surface area contributed by atoms with E-state index in [4.69, 9.17) is 69.3 Å². The highest BCUT2D eigenvalue weighted by atomic mass is 32.2. The minimum absolute atomic E-state index is 0.478. The van der Waals surface area contributed by atoms with Crippen LogP contribution in [0.4, 0.5) is 22.7 Å². The van der Waals surface area contributed by atoms with Gasteiger partial charge in [-0.25, -0.2) is 0 Å². The van der Waals surface area contributed by atoms with E-state index in [0.717, 1.165) is 91.6 Å². The van der Waals surface area contributed by atoms with Gasteiger partial charge in [-0.05, 0) is 144 Å². The van der Waals surface area contributed by atoms with Crippen molar-refractivity contribution >= 4 is 124 Å². The molecular weight excluding hydrogens is 1030 g/mol. The van der Waals surface area contributed by atoms with E-state index in [1.54, 1.807) is 0 Å². The highest BCUT2D eigenvalue weighted by Crippen LogP contribution is 2.49. The molecule has 0 N–H and O–H groups in total. The van der Waals surface area contributed by atoms with Crippen LogP contribution in [0.2, 0.25) is 0 Å². The predicted octanol–water partition coefficient (Wildman–Crippen LogP) is 15.0. The van der Waals surface area contributed by atoms with Gasteiger partial charge in [-0.2, -0.15) is 20.5 Å². The van der Waals surface area contributed by atoms with Crippen LogP contribution in [-0.4, -0.2) is 93.7 Å². The van der Waals surface area contributed by atoms with Gasteiger partial charge < -0.3 is 0 Å². The Morgan fingerprint density at radius 3 is 0.865 bits per heavy atom. The Morgan fingerprint density at radius 1 is 0.365 bits per heavy atom. The number of nitrogens with zero attached hydrogens (tertiary/aromatic N) is 12. The lowest BCUT2D eigenvalue weighted by Crippen LogP contribution is -2.56. The Labute approximate surface area is 465 Å². The van der Waals surface area contributed by atoms with E-state index in [2.05, 4.69) is 148 Å². The molecule has 0 aliphatic carbocycles. The third-order valence-electron chi connectivity index (χ3n) is 15.2. The molecule has 0 atom stereocenters. The first-order valence-corrected chi connectivity index (χ1v) is 30.9. The lowest BCUT2D eigenvalue weighted by molar-refractivity contribution is 0.281. The second kappa shape index (κ2) is 23.3. The number of hydrogen-bond acceptors (Lipinski definition) is 8. The summed E-state index contributed by atoms with van der Waals surface area (Å²) in [5, 5.41) is 24.8. The van der Waals surface area contributed by atoms with Gasteiger partial charge in [0.15, 0.2) is 30.7 Å². The molecule has 0 amide bonds. The van der Waals surface area contributed by atoms with Crippen molar-refractivity contribution in [3.63, 3.8) is 0 Å². The SMILES string of the molecule is CCCCCCCCC1CN2C(=S)N3Cc4ccc(cc4)N=Nc4ccc(cc4)CN4C(=S)N5CC(CCCCCCCC)CN6C(=S)N(Cc7ccc(cc7)N=Nc7ccc(cc7)CN7C(=S)N(C1)C2=S37)S4=C56. The molecule has 8 bridgehead atoms. The molecule has 0 unspecified atom stereocenters. The van der Waals surface area contributed by atoms with Crippen molar-refractivity contribution in [3.05, 3.63) is 119 Å². The van der Waals surface area contributed by atoms with E-state index in [0.29, 0.717) is 38.0 Å². The Morgan fingerprint density at radius 2 is 0.608 bits per heavy atom. The molecule has 388 valence electrons. The van der Waals surface area contributed by atoms with Gasteiger partial charge >= 0.3 is 0 Å². The maximum Gasteiger partial charge on any atom is 0.189 e. The number of hydrogen-bond donors (Lipinski definition) is 0. The second-order valence-corrected chi connectivity index (χ2v) is 25.7. The third kappa shape index (κ3) is 10.8. The molecule has 13 aliphatic rings. The third-order valence-corrected chi connectivity index (χ3v) is 21.8. The van der Waals surface area contributed by atoms with Crippen LogP contribution in [0.1, 0.15) is 126 Å². The monoisotopic (exact) mass is 1100 g/mol. The van der Waals surface area contributed by atoms with E-state index in [9.17, 15) is 0 Å². The molecular formula is C56H68N12S6. The van der Waals surface area contributed by atoms with Crippen molar-refractivity contribution < 1.29 is 0 Å². The number of thiocarbonyl (C=S) groups is 4. The van der Waals surface area contributed by atoms with Crippen molar-refractivity contribution in [1.29, 1.82) is 0 Å². The summed E-state index contributed by atoms with van der Waals surface area (Å²) in [6, 6.07) is 33.7. The van der Waals surface area contributed by atoms with Gasteiger partial charge in [0, 0.05) is 26.2 Å². The number of benzene rings is 4. The van der Waals surface area contributed by atoms with Gasteiger partial charge in [-0.1, -0.05) is 139 Å². The predicted molar refractivity (Wildman–Crippen MR) is 322 cm³/mol. The molecule has 4 aromatic rings. The number of rotatable bonds is 14. The minimum atomic E-state index is -0.478. The smallest absolute Gasteiger partial charge is 0.189 e. The normalized spacial score (nSPS) is 22.2. The van der Waals surface area contributed by atoms with E-state index < -0.39 is 21.7 Å². The fourth-order valence-electron chi connectivity index (χ4n) is 11.1. The Kier molecular flexibility index (Phi) is 16.2. The van der Waals surface area contributed by atoms with E-state index in [1.165, 1.54) is 100 Å². The van der Waals surface area contributed by atoms with Crippen LogP contribution in [0.3, 0.4) is 0 Å². The van der Waals surface area contributed by atoms with Crippen LogP contribution in [0, 0.1) is 11.8 Å². The molecule has 12 nitrogen and oxygen atoms in total. The number of azo groups is 2. The fraction of sp³-hybridized carbons (Fsp3) is 0.464. The van der Waals surface area contributed by atoms with Gasteiger partial charge in [0.2, 0.25) is 0 Å². The molecule has 0 spiro atoms. The highest BCUT2D eigenvalue weighted by molar-refractivity contribution is 8.15. The minimum Gasteiger partial charge on any atom is -0.296 e. The second-order valence-electron chi connectivity index (χ2n) is 20.7. The van der Waals surface area contributed by atoms with Gasteiger partial charge in [0.1, 0.15) is 0 Å². The Bertz CT molecular complexity index is 2500. The van der Waals surface area contributed by atoms with Gasteiger partial charge in [-0.3, -0.25) is 36.8 Å². The zero-order valence-electron chi connectivity index (χ0n) is 42.8. The average molecular weight is 1100 g/mol. The lowest BCUT2D eigenvalue weighted by atomic mass is 9.97. The van der Waals surface area contributed by atoms with E-state index in [1.807, 2.05) is 0 Å². The van der Waals surface area contributed by atoms with Crippen LogP contribution in [0.15, 0.2) is 118 Å². The molecule has 2 saturated heterocycles. The summed E-state index contributed by atoms with van der Waals surface area (Å²) >= 11 is 25.6. The first-order valence-electron chi connectivity index (χ1n) is 27.0. The van der Waals surface area contributed by atoms with Gasteiger partial charge in [-0.15, -0.1) is 0 Å². The molecule has 0 saturated carbocycles. The van der Waals surface area contributed by atoms with E-state index >= 15 is 0 Å². The Balaban J connectivity index is 0.862. The summed E-state index contributed by atoms with van der Waals surface area (Å²) in [6.07, 6.45) is 17.9. The molecule has 0 aromatic heterocycles. The summed E-state index contributed by atoms with van der Waals surface area (Å²) in [5.41, 5.74) is 7.84. The lowest BCUT2D eigenvalue weighted by Gasteiger charge is -2.40. The summed E-state index contributed by atoms with van der Waals surface area (Å²) < 4.78 is 9.60. The van der Waals surface area contributed by atoms with Crippen LogP contribution >= 0.6 is 70.6 Å². The maximum atomic E-state index is 6.40. The maximum absolute atomic E-state index is 6.40. The zero-order valence-corrected chi connectivity index (χ0v) is 47.7. The molecule has 13 aliphatic heterocycles. The Hall–Kier alpha value is -4.72. The topological polar surface area (TPSA) is 75.4 Å². The molecule has 74 heavy (non-hydrogen) atoms. The van der Waals surface area contributed by atoms with Crippen molar-refractivity contribution in [2.24, 2.45) is 32.3 Å². The van der Waals surface area contributed by atoms with Gasteiger partial charge in [0.25, 0.3) is 0 Å². The summed E-state index contributed by atoms with van der Waals surface area (Å²) in [6.45, 7) is 11.0. The van der Waals surface area contributed by atoms with Crippen LogP contribution in [0.25, 0.3) is 0 Å². The highest BCUT2D eigenvalue weighted by Gasteiger charge is 2.52. The van der Waals surface area contributed by atoms with Crippen molar-refractivity contribution in [1.82, 2.24) is 36.8 Å². The van der Waals surface area contributed by atoms with Crippen molar-refractivity contribution in [3.8, 4) is 0 Å². The molecule has 13 heterocycles. The molecule has 18 heteroatoms. The van der Waals surface area contributed by atoms with Gasteiger partial charge in [0.05, 0.1) is 70.6 Å². The summed E-state index contributed by atoms with van der Waals surface area (Å²) in [7, 11) is -0.956. The first kappa shape index (κ1) is 51.4. The fourth-order valence-corrected chi connectivity index (χ4v) is 17.9. The summed E-state index contributed by atoms with van der Waals surface area (Å²) in [4.78, 5) is 9.63. The molecule has 4 aromatic carbocycles. The van der Waals surface area contributed by atoms with Crippen LogP contribution in [0.5, 0.6) is 0 Å². The number of unbranched alkanes of at least 4 members (excludes halogenated alkanes) is 10. The quantitative estimate of drug-likeness (QED) is 0.0892. The first-order chi connectivity index (χ1) is 36.2. The average Bonchev–Trinajstić information content (AvgIpc) is 4.06. The van der Waals surface area contributed by atoms with Crippen LogP contribution in [-0.2, 0) is 26.2 Å².